The van der Waals surface area contributed by atoms with Gasteiger partial charge in [-0.2, -0.15) is 0 Å². The summed E-state index contributed by atoms with van der Waals surface area (Å²) in [4.78, 5) is 22.9. The Kier molecular flexibility index (Phi) is 5.42. The third kappa shape index (κ3) is 4.70. The Morgan fingerprint density at radius 3 is 2.43 bits per heavy atom. The molecule has 6 nitrogen and oxygen atoms in total. The maximum Gasteiger partial charge on any atom is 0.412 e. The molecule has 2 atom stereocenters. The zero-order valence-corrected chi connectivity index (χ0v) is 16.2. The lowest BCUT2D eigenvalue weighted by atomic mass is 9.94. The topological polar surface area (TPSA) is 95.9 Å². The van der Waals surface area contributed by atoms with Crippen molar-refractivity contribution in [1.29, 1.82) is 0 Å². The van der Waals surface area contributed by atoms with Gasteiger partial charge in [0.05, 0.1) is 11.7 Å². The number of fused-ring (bicyclic) bond motifs is 1. The van der Waals surface area contributed by atoms with E-state index in [1.54, 1.807) is 51.1 Å². The second-order valence-corrected chi connectivity index (χ2v) is 8.16. The average Bonchev–Trinajstić information content (AvgIpc) is 2.89. The minimum Gasteiger partial charge on any atom is -0.478 e. The molecule has 0 heterocycles. The highest BCUT2D eigenvalue weighted by Gasteiger charge is 2.31. The van der Waals surface area contributed by atoms with Gasteiger partial charge in [-0.3, -0.25) is 5.32 Å². The number of anilines is 1. The average molecular weight is 383 g/mol. The van der Waals surface area contributed by atoms with Gasteiger partial charge in [0.25, 0.3) is 0 Å². The summed E-state index contributed by atoms with van der Waals surface area (Å²) in [5.41, 5.74) is 3.14. The molecule has 0 spiro atoms. The van der Waals surface area contributed by atoms with Gasteiger partial charge in [0.2, 0.25) is 0 Å². The predicted molar refractivity (Wildman–Crippen MR) is 106 cm³/mol. The largest absolute Gasteiger partial charge is 0.478 e. The number of benzene rings is 2. The van der Waals surface area contributed by atoms with Gasteiger partial charge in [-0.15, -0.1) is 0 Å². The van der Waals surface area contributed by atoms with Crippen molar-refractivity contribution in [3.05, 3.63) is 64.7 Å². The maximum atomic E-state index is 11.9. The van der Waals surface area contributed by atoms with Crippen LogP contribution in [0.3, 0.4) is 0 Å². The summed E-state index contributed by atoms with van der Waals surface area (Å²) in [5.74, 6) is -0.952. The molecule has 0 saturated carbocycles. The summed E-state index contributed by atoms with van der Waals surface area (Å²) >= 11 is 0. The first-order valence-corrected chi connectivity index (χ1v) is 9.25. The monoisotopic (exact) mass is 383 g/mol. The Balaban J connectivity index is 1.67. The molecule has 0 radical (unpaired) electrons. The minimum absolute atomic E-state index is 0.00227. The first kappa shape index (κ1) is 19.9. The van der Waals surface area contributed by atoms with Crippen LogP contribution in [0.15, 0.2) is 42.5 Å². The number of aliphatic hydroxyl groups is 1. The summed E-state index contributed by atoms with van der Waals surface area (Å²) < 4.78 is 5.27. The van der Waals surface area contributed by atoms with E-state index in [-0.39, 0.29) is 11.5 Å². The van der Waals surface area contributed by atoms with E-state index in [1.807, 2.05) is 12.1 Å². The van der Waals surface area contributed by atoms with Crippen LogP contribution >= 0.6 is 0 Å². The van der Waals surface area contributed by atoms with E-state index in [0.717, 1.165) is 16.7 Å². The van der Waals surface area contributed by atoms with E-state index in [2.05, 4.69) is 5.32 Å². The number of amides is 1. The molecule has 1 aliphatic rings. The predicted octanol–water partition coefficient (Wildman–Crippen LogP) is 4.18. The number of ether oxygens (including phenoxy) is 1. The number of rotatable bonds is 4. The second-order valence-electron chi connectivity index (χ2n) is 8.16. The number of carbonyl (C=O) groups is 2. The molecule has 0 fully saturated rings. The number of hydrogen-bond acceptors (Lipinski definition) is 4. The number of carbonyl (C=O) groups excluding carboxylic acids is 1. The summed E-state index contributed by atoms with van der Waals surface area (Å²) in [6.07, 6.45) is 0.219. The zero-order valence-electron chi connectivity index (χ0n) is 16.2. The standard InChI is InChI=1S/C22H25NO5/c1-22(2,3)28-21(27)23-17-8-9-18-15(12-17)11-16(19(18)24)10-13-4-6-14(7-5-13)20(25)26/h4-9,12,16,19,24H,10-11H2,1-3H3,(H,23,27)(H,25,26). The third-order valence-corrected chi connectivity index (χ3v) is 4.73. The lowest BCUT2D eigenvalue weighted by Crippen LogP contribution is -2.27. The Morgan fingerprint density at radius 2 is 1.82 bits per heavy atom. The van der Waals surface area contributed by atoms with E-state index < -0.39 is 23.8 Å². The van der Waals surface area contributed by atoms with Crippen LogP contribution in [0.4, 0.5) is 10.5 Å². The van der Waals surface area contributed by atoms with Gasteiger partial charge in [-0.1, -0.05) is 18.2 Å². The van der Waals surface area contributed by atoms with Crippen molar-refractivity contribution in [1.82, 2.24) is 0 Å². The number of carboxylic acids is 1. The highest BCUT2D eigenvalue weighted by Crippen LogP contribution is 2.39. The molecule has 0 aromatic heterocycles. The molecule has 2 unspecified atom stereocenters. The van der Waals surface area contributed by atoms with Gasteiger partial charge < -0.3 is 14.9 Å². The van der Waals surface area contributed by atoms with E-state index in [4.69, 9.17) is 9.84 Å². The van der Waals surface area contributed by atoms with Gasteiger partial charge >= 0.3 is 12.1 Å². The van der Waals surface area contributed by atoms with Gasteiger partial charge in [0.1, 0.15) is 5.60 Å². The SMILES string of the molecule is CC(C)(C)OC(=O)Nc1ccc2c(c1)CC(Cc1ccc(C(=O)O)cc1)C2O. The van der Waals surface area contributed by atoms with Crippen molar-refractivity contribution < 1.29 is 24.5 Å². The molecule has 3 N–H and O–H groups in total. The van der Waals surface area contributed by atoms with Crippen LogP contribution in [0.5, 0.6) is 0 Å². The molecule has 2 aromatic carbocycles. The van der Waals surface area contributed by atoms with Crippen molar-refractivity contribution in [3.8, 4) is 0 Å². The van der Waals surface area contributed by atoms with Crippen molar-refractivity contribution in [2.45, 2.75) is 45.3 Å². The highest BCUT2D eigenvalue weighted by molar-refractivity contribution is 5.87. The number of carboxylic acid groups (broad SMARTS) is 1. The number of aliphatic hydroxyl groups excluding tert-OH is 1. The van der Waals surface area contributed by atoms with E-state index >= 15 is 0 Å². The van der Waals surface area contributed by atoms with Crippen molar-refractivity contribution in [3.63, 3.8) is 0 Å². The fourth-order valence-electron chi connectivity index (χ4n) is 3.49. The minimum atomic E-state index is -0.954. The van der Waals surface area contributed by atoms with Crippen molar-refractivity contribution in [2.75, 3.05) is 5.32 Å². The molecule has 1 aliphatic carbocycles. The van der Waals surface area contributed by atoms with Crippen LogP contribution < -0.4 is 5.32 Å². The summed E-state index contributed by atoms with van der Waals surface area (Å²) in [7, 11) is 0. The Hall–Kier alpha value is -2.86. The van der Waals surface area contributed by atoms with Gasteiger partial charge in [0, 0.05) is 5.69 Å². The van der Waals surface area contributed by atoms with Crippen LogP contribution in [0.1, 0.15) is 53.9 Å². The smallest absolute Gasteiger partial charge is 0.412 e. The Morgan fingerprint density at radius 1 is 1.14 bits per heavy atom. The third-order valence-electron chi connectivity index (χ3n) is 4.73. The summed E-state index contributed by atoms with van der Waals surface area (Å²) in [6.45, 7) is 5.41. The van der Waals surface area contributed by atoms with Crippen molar-refractivity contribution in [2.24, 2.45) is 5.92 Å². The second kappa shape index (κ2) is 7.64. The molecule has 148 valence electrons. The number of aromatic carboxylic acids is 1. The molecular weight excluding hydrogens is 358 g/mol. The molecule has 2 aromatic rings. The molecule has 3 rings (SSSR count). The van der Waals surface area contributed by atoms with E-state index in [0.29, 0.717) is 18.5 Å². The maximum absolute atomic E-state index is 11.9. The molecule has 6 heteroatoms. The summed E-state index contributed by atoms with van der Waals surface area (Å²) in [6, 6.07) is 12.2. The Labute approximate surface area is 164 Å². The molecule has 0 saturated heterocycles. The lowest BCUT2D eigenvalue weighted by Gasteiger charge is -2.19. The van der Waals surface area contributed by atoms with Gasteiger partial charge in [0.15, 0.2) is 0 Å². The summed E-state index contributed by atoms with van der Waals surface area (Å²) in [5, 5.41) is 22.4. The lowest BCUT2D eigenvalue weighted by molar-refractivity contribution is 0.0634. The molecule has 28 heavy (non-hydrogen) atoms. The fraction of sp³-hybridized carbons (Fsp3) is 0.364. The van der Waals surface area contributed by atoms with Gasteiger partial charge in [-0.25, -0.2) is 9.59 Å². The molecule has 0 aliphatic heterocycles. The van der Waals surface area contributed by atoms with Crippen molar-refractivity contribution >= 4 is 17.7 Å². The molecule has 0 bridgehead atoms. The molecule has 1 amide bonds. The highest BCUT2D eigenvalue weighted by atomic mass is 16.6. The van der Waals surface area contributed by atoms with Crippen LogP contribution in [0.25, 0.3) is 0 Å². The normalized spacial score (nSPS) is 18.4. The van der Waals surface area contributed by atoms with E-state index in [1.165, 1.54) is 0 Å². The van der Waals surface area contributed by atoms with E-state index in [9.17, 15) is 14.7 Å². The number of hydrogen-bond donors (Lipinski definition) is 3. The first-order chi connectivity index (χ1) is 13.1. The zero-order chi connectivity index (χ0) is 20.5. The van der Waals surface area contributed by atoms with Crippen LogP contribution in [-0.4, -0.2) is 27.9 Å². The number of nitrogens with one attached hydrogen (secondary N) is 1. The fourth-order valence-corrected chi connectivity index (χ4v) is 3.49. The first-order valence-electron chi connectivity index (χ1n) is 9.25. The van der Waals surface area contributed by atoms with Crippen LogP contribution in [-0.2, 0) is 17.6 Å². The van der Waals surface area contributed by atoms with Crippen LogP contribution in [0, 0.1) is 5.92 Å². The quantitative estimate of drug-likeness (QED) is 0.736. The Bertz CT molecular complexity index is 883. The molecular formula is C22H25NO5. The van der Waals surface area contributed by atoms with Crippen LogP contribution in [0.2, 0.25) is 0 Å². The van der Waals surface area contributed by atoms with Gasteiger partial charge in [-0.05, 0) is 80.5 Å².